The lowest BCUT2D eigenvalue weighted by molar-refractivity contribution is 0.746. The van der Waals surface area contributed by atoms with Crippen molar-refractivity contribution in [2.45, 2.75) is 24.8 Å². The van der Waals surface area contributed by atoms with E-state index in [9.17, 15) is 0 Å². The second-order valence-corrected chi connectivity index (χ2v) is 15.3. The molecule has 2 heteroatoms. The maximum absolute atomic E-state index is 3.90. The van der Waals surface area contributed by atoms with E-state index < -0.39 is 5.41 Å². The number of nitrogens with zero attached hydrogens (tertiary/aromatic N) is 2. The number of para-hydroxylation sites is 3. The Morgan fingerprint density at radius 3 is 2.00 bits per heavy atom. The largest absolute Gasteiger partial charge is 0.333 e. The zero-order valence-corrected chi connectivity index (χ0v) is 32.7. The molecule has 0 saturated carbocycles. The molecule has 1 aliphatic heterocycles. The van der Waals surface area contributed by atoms with Crippen LogP contribution in [0.1, 0.15) is 35.6 Å². The average molecular weight is 745 g/mol. The molecule has 0 fully saturated rings. The van der Waals surface area contributed by atoms with Crippen molar-refractivity contribution < 1.29 is 0 Å². The quantitative estimate of drug-likeness (QED) is 0.136. The molecule has 1 heterocycles. The standard InChI is InChI=1S/C56H44N2/c1-3-4-8-19-40(2)56(43-20-9-5-10-21-43)52-28-17-15-26-48(52)50-38-42(32-36-53(50)56)41-30-33-46(34-31-41)57(44-22-11-6-12-23-44)47-35-37-55-51(39-47)49-27-16-18-29-54(49)58(55)45-24-13-7-14-25-45/h3-36,38-39,55H,1,37H2,2H3/b8-4-,40-19+. The third-order valence-corrected chi connectivity index (χ3v) is 12.2. The summed E-state index contributed by atoms with van der Waals surface area (Å²) in [6, 6.07) is 66.8. The minimum Gasteiger partial charge on any atom is -0.333 e. The molecule has 10 rings (SSSR count). The molecule has 0 aromatic heterocycles. The first-order valence-electron chi connectivity index (χ1n) is 20.2. The Morgan fingerprint density at radius 2 is 1.24 bits per heavy atom. The number of fused-ring (bicyclic) bond motifs is 6. The van der Waals surface area contributed by atoms with Gasteiger partial charge in [-0.2, -0.15) is 0 Å². The van der Waals surface area contributed by atoms with Crippen LogP contribution in [0.15, 0.2) is 236 Å². The highest BCUT2D eigenvalue weighted by atomic mass is 15.2. The van der Waals surface area contributed by atoms with Gasteiger partial charge in [-0.15, -0.1) is 0 Å². The third kappa shape index (κ3) is 5.72. The first-order valence-corrected chi connectivity index (χ1v) is 20.2. The molecule has 0 saturated heterocycles. The normalized spacial score (nSPS) is 17.8. The van der Waals surface area contributed by atoms with Crippen LogP contribution < -0.4 is 9.80 Å². The summed E-state index contributed by atoms with van der Waals surface area (Å²) in [5.41, 5.74) is 18.3. The lowest BCUT2D eigenvalue weighted by atomic mass is 9.67. The van der Waals surface area contributed by atoms with Crippen molar-refractivity contribution >= 4 is 28.3 Å². The fraction of sp³-hybridized carbons (Fsp3) is 0.0714. The molecule has 0 bridgehead atoms. The van der Waals surface area contributed by atoms with Gasteiger partial charge in [0.05, 0.1) is 11.5 Å². The van der Waals surface area contributed by atoms with E-state index >= 15 is 0 Å². The fourth-order valence-corrected chi connectivity index (χ4v) is 9.68. The molecule has 2 unspecified atom stereocenters. The summed E-state index contributed by atoms with van der Waals surface area (Å²) < 4.78 is 0. The second-order valence-electron chi connectivity index (χ2n) is 15.3. The van der Waals surface area contributed by atoms with E-state index in [2.05, 4.69) is 230 Å². The Morgan fingerprint density at radius 1 is 0.621 bits per heavy atom. The van der Waals surface area contributed by atoms with E-state index in [-0.39, 0.29) is 6.04 Å². The Hall–Kier alpha value is -7.16. The number of hydrogen-bond acceptors (Lipinski definition) is 2. The van der Waals surface area contributed by atoms with Crippen molar-refractivity contribution in [3.8, 4) is 22.3 Å². The minimum atomic E-state index is -0.406. The SMILES string of the molecule is C=C/C=C\C=C(/C)C1(c2ccccc2)c2ccccc2-c2cc(-c3ccc(N(C4=CCC5C(=C4)c4ccccc4N5c4ccccc4)c4ccccc4)cc3)ccc21. The molecule has 0 spiro atoms. The first-order chi connectivity index (χ1) is 28.7. The summed E-state index contributed by atoms with van der Waals surface area (Å²) in [6.45, 7) is 6.16. The van der Waals surface area contributed by atoms with E-state index in [1.54, 1.807) is 0 Å². The van der Waals surface area contributed by atoms with Gasteiger partial charge in [0, 0.05) is 34.0 Å². The Balaban J connectivity index is 1.04. The molecule has 0 amide bonds. The van der Waals surface area contributed by atoms with Gasteiger partial charge < -0.3 is 9.80 Å². The molecule has 0 N–H and O–H groups in total. The summed E-state index contributed by atoms with van der Waals surface area (Å²) in [6.07, 6.45) is 13.9. The van der Waals surface area contributed by atoms with Crippen molar-refractivity contribution in [3.63, 3.8) is 0 Å². The van der Waals surface area contributed by atoms with Crippen molar-refractivity contribution in [3.05, 3.63) is 259 Å². The van der Waals surface area contributed by atoms with E-state index in [0.717, 1.165) is 17.8 Å². The number of anilines is 4. The van der Waals surface area contributed by atoms with Gasteiger partial charge in [-0.3, -0.25) is 0 Å². The highest BCUT2D eigenvalue weighted by Gasteiger charge is 2.46. The lowest BCUT2D eigenvalue weighted by Gasteiger charge is -2.34. The molecule has 7 aromatic rings. The van der Waals surface area contributed by atoms with Crippen LogP contribution in [-0.2, 0) is 5.41 Å². The van der Waals surface area contributed by atoms with Gasteiger partial charge in [-0.05, 0) is 112 Å². The van der Waals surface area contributed by atoms with Gasteiger partial charge in [-0.25, -0.2) is 0 Å². The zero-order valence-electron chi connectivity index (χ0n) is 32.7. The van der Waals surface area contributed by atoms with Crippen molar-refractivity contribution in [1.29, 1.82) is 0 Å². The third-order valence-electron chi connectivity index (χ3n) is 12.2. The van der Waals surface area contributed by atoms with Crippen LogP contribution >= 0.6 is 0 Å². The molecule has 58 heavy (non-hydrogen) atoms. The average Bonchev–Trinajstić information content (AvgIpc) is 3.78. The maximum Gasteiger partial charge on any atom is 0.0673 e. The van der Waals surface area contributed by atoms with Crippen LogP contribution in [0.4, 0.5) is 22.7 Å². The monoisotopic (exact) mass is 744 g/mol. The van der Waals surface area contributed by atoms with Gasteiger partial charge in [0.25, 0.3) is 0 Å². The fourth-order valence-electron chi connectivity index (χ4n) is 9.68. The van der Waals surface area contributed by atoms with Gasteiger partial charge >= 0.3 is 0 Å². The minimum absolute atomic E-state index is 0.247. The molecule has 0 radical (unpaired) electrons. The van der Waals surface area contributed by atoms with Crippen LogP contribution in [0.2, 0.25) is 0 Å². The van der Waals surface area contributed by atoms with Crippen molar-refractivity contribution in [2.24, 2.45) is 0 Å². The summed E-state index contributed by atoms with van der Waals surface area (Å²) in [5.74, 6) is 0. The summed E-state index contributed by atoms with van der Waals surface area (Å²) in [4.78, 5) is 4.91. The van der Waals surface area contributed by atoms with Crippen LogP contribution in [0.3, 0.4) is 0 Å². The van der Waals surface area contributed by atoms with Crippen LogP contribution in [-0.4, -0.2) is 6.04 Å². The Kier molecular flexibility index (Phi) is 8.96. The predicted octanol–water partition coefficient (Wildman–Crippen LogP) is 14.4. The van der Waals surface area contributed by atoms with Crippen molar-refractivity contribution in [2.75, 3.05) is 9.80 Å². The van der Waals surface area contributed by atoms with Crippen LogP contribution in [0.25, 0.3) is 27.8 Å². The zero-order chi connectivity index (χ0) is 39.1. The smallest absolute Gasteiger partial charge is 0.0673 e. The Labute approximate surface area is 342 Å². The Bertz CT molecular complexity index is 2770. The molecule has 3 aliphatic rings. The maximum atomic E-state index is 3.90. The molecule has 2 atom stereocenters. The lowest BCUT2D eigenvalue weighted by Crippen LogP contribution is -2.29. The predicted molar refractivity (Wildman–Crippen MR) is 245 cm³/mol. The number of allylic oxidation sites excluding steroid dienone is 6. The topological polar surface area (TPSA) is 6.48 Å². The number of hydrogen-bond donors (Lipinski definition) is 0. The summed E-state index contributed by atoms with van der Waals surface area (Å²) >= 11 is 0. The van der Waals surface area contributed by atoms with Gasteiger partial charge in [0.1, 0.15) is 0 Å². The van der Waals surface area contributed by atoms with E-state index in [1.165, 1.54) is 72.7 Å². The number of benzene rings is 7. The van der Waals surface area contributed by atoms with E-state index in [4.69, 9.17) is 0 Å². The molecule has 278 valence electrons. The van der Waals surface area contributed by atoms with Crippen LogP contribution in [0.5, 0.6) is 0 Å². The van der Waals surface area contributed by atoms with Crippen molar-refractivity contribution in [1.82, 2.24) is 0 Å². The van der Waals surface area contributed by atoms with Gasteiger partial charge in [0.2, 0.25) is 0 Å². The highest BCUT2D eigenvalue weighted by Crippen LogP contribution is 2.57. The second kappa shape index (κ2) is 14.7. The molecule has 2 nitrogen and oxygen atoms in total. The molecule has 2 aliphatic carbocycles. The first kappa shape index (κ1) is 35.3. The molecular weight excluding hydrogens is 701 g/mol. The summed E-state index contributed by atoms with van der Waals surface area (Å²) in [5, 5.41) is 0. The van der Waals surface area contributed by atoms with Crippen LogP contribution in [0, 0.1) is 0 Å². The summed E-state index contributed by atoms with van der Waals surface area (Å²) in [7, 11) is 0. The van der Waals surface area contributed by atoms with E-state index in [1.807, 2.05) is 12.2 Å². The molecule has 7 aromatic carbocycles. The van der Waals surface area contributed by atoms with Gasteiger partial charge in [-0.1, -0.05) is 176 Å². The number of rotatable bonds is 9. The highest BCUT2D eigenvalue weighted by molar-refractivity contribution is 5.95. The van der Waals surface area contributed by atoms with Gasteiger partial charge in [0.15, 0.2) is 0 Å². The van der Waals surface area contributed by atoms with E-state index in [0.29, 0.717) is 0 Å². The molecular formula is C56H44N2.